The fraction of sp³-hybridized carbons (Fsp3) is 0.400. The molecule has 1 amide bonds. The number of carbonyl (C=O) groups excluding carboxylic acids is 1. The molecule has 0 aliphatic heterocycles. The van der Waals surface area contributed by atoms with Crippen molar-refractivity contribution in [1.29, 1.82) is 0 Å². The second-order valence-electron chi connectivity index (χ2n) is 5.38. The Morgan fingerprint density at radius 2 is 1.86 bits per heavy atom. The molecule has 120 valence electrons. The van der Waals surface area contributed by atoms with Gasteiger partial charge in [0.2, 0.25) is 5.91 Å². The van der Waals surface area contributed by atoms with Crippen molar-refractivity contribution in [3.8, 4) is 0 Å². The van der Waals surface area contributed by atoms with E-state index < -0.39 is 15.1 Å². The Bertz CT molecular complexity index is 688. The predicted octanol–water partition coefficient (Wildman–Crippen LogP) is 3.49. The topological polar surface area (TPSA) is 63.2 Å². The molecule has 2 aromatic heterocycles. The molecule has 0 aliphatic carbocycles. The normalized spacial score (nSPS) is 13.2. The van der Waals surface area contributed by atoms with Gasteiger partial charge in [-0.3, -0.25) is 4.79 Å². The van der Waals surface area contributed by atoms with E-state index in [9.17, 15) is 13.2 Å². The quantitative estimate of drug-likeness (QED) is 0.825. The third-order valence-electron chi connectivity index (χ3n) is 3.09. The average molecular weight is 358 g/mol. The van der Waals surface area contributed by atoms with Crippen molar-refractivity contribution in [2.75, 3.05) is 6.54 Å². The monoisotopic (exact) mass is 357 g/mol. The first-order valence-corrected chi connectivity index (χ1v) is 10.3. The average Bonchev–Trinajstić information content (AvgIpc) is 3.11. The Labute approximate surface area is 139 Å². The van der Waals surface area contributed by atoms with Crippen molar-refractivity contribution in [3.05, 3.63) is 39.9 Å². The summed E-state index contributed by atoms with van der Waals surface area (Å²) in [6.45, 7) is 4.02. The zero-order valence-electron chi connectivity index (χ0n) is 12.5. The van der Waals surface area contributed by atoms with Gasteiger partial charge in [-0.05, 0) is 28.8 Å². The van der Waals surface area contributed by atoms with Crippen LogP contribution in [0.25, 0.3) is 0 Å². The highest BCUT2D eigenvalue weighted by atomic mass is 32.2. The molecule has 2 aromatic rings. The number of hydrogen-bond donors (Lipinski definition) is 1. The van der Waals surface area contributed by atoms with Crippen molar-refractivity contribution >= 4 is 38.4 Å². The SMILES string of the molecule is CC(C)CC(=O)NCC(c1cccs1)S(=O)(=O)c1cccs1. The summed E-state index contributed by atoms with van der Waals surface area (Å²) < 4.78 is 25.9. The highest BCUT2D eigenvalue weighted by Gasteiger charge is 2.31. The van der Waals surface area contributed by atoms with E-state index in [1.54, 1.807) is 23.6 Å². The molecular weight excluding hydrogens is 338 g/mol. The van der Waals surface area contributed by atoms with Crippen LogP contribution in [0, 0.1) is 5.92 Å². The fourth-order valence-corrected chi connectivity index (χ4v) is 6.04. The number of nitrogens with one attached hydrogen (secondary N) is 1. The summed E-state index contributed by atoms with van der Waals surface area (Å²) in [7, 11) is -3.49. The molecule has 0 bridgehead atoms. The van der Waals surface area contributed by atoms with Crippen molar-refractivity contribution in [3.63, 3.8) is 0 Å². The smallest absolute Gasteiger partial charge is 0.220 e. The molecule has 22 heavy (non-hydrogen) atoms. The molecule has 0 spiro atoms. The van der Waals surface area contributed by atoms with Gasteiger partial charge >= 0.3 is 0 Å². The van der Waals surface area contributed by atoms with E-state index in [0.717, 1.165) is 4.88 Å². The number of rotatable bonds is 7. The van der Waals surface area contributed by atoms with Gasteiger partial charge in [-0.1, -0.05) is 26.0 Å². The van der Waals surface area contributed by atoms with Gasteiger partial charge in [-0.2, -0.15) is 0 Å². The Hall–Kier alpha value is -1.18. The zero-order valence-corrected chi connectivity index (χ0v) is 14.9. The third-order valence-corrected chi connectivity index (χ3v) is 7.74. The minimum absolute atomic E-state index is 0.103. The number of thiophene rings is 2. The van der Waals surface area contributed by atoms with E-state index in [0.29, 0.717) is 10.6 Å². The summed E-state index contributed by atoms with van der Waals surface area (Å²) in [5.74, 6) is 0.132. The summed E-state index contributed by atoms with van der Waals surface area (Å²) in [6, 6.07) is 6.96. The summed E-state index contributed by atoms with van der Waals surface area (Å²) in [6.07, 6.45) is 0.399. The number of carbonyl (C=O) groups is 1. The first kappa shape index (κ1) is 17.2. The lowest BCUT2D eigenvalue weighted by atomic mass is 10.1. The molecule has 4 nitrogen and oxygen atoms in total. The van der Waals surface area contributed by atoms with Crippen LogP contribution in [0.15, 0.2) is 39.2 Å². The van der Waals surface area contributed by atoms with E-state index in [4.69, 9.17) is 0 Å². The van der Waals surface area contributed by atoms with E-state index in [1.807, 2.05) is 25.3 Å². The molecule has 0 radical (unpaired) electrons. The molecule has 2 heterocycles. The number of amides is 1. The molecule has 7 heteroatoms. The van der Waals surface area contributed by atoms with Crippen LogP contribution in [-0.4, -0.2) is 20.9 Å². The van der Waals surface area contributed by atoms with Gasteiger partial charge < -0.3 is 5.32 Å². The second-order valence-corrected chi connectivity index (χ2v) is 9.67. The van der Waals surface area contributed by atoms with Crippen LogP contribution in [0.2, 0.25) is 0 Å². The maximum Gasteiger partial charge on any atom is 0.220 e. The van der Waals surface area contributed by atoms with Crippen LogP contribution in [0.1, 0.15) is 30.4 Å². The van der Waals surface area contributed by atoms with Crippen molar-refractivity contribution < 1.29 is 13.2 Å². The minimum atomic E-state index is -3.49. The van der Waals surface area contributed by atoms with E-state index in [2.05, 4.69) is 5.32 Å². The molecule has 1 unspecified atom stereocenters. The summed E-state index contributed by atoms with van der Waals surface area (Å²) in [4.78, 5) is 12.6. The van der Waals surface area contributed by atoms with Crippen molar-refractivity contribution in [2.24, 2.45) is 5.92 Å². The van der Waals surface area contributed by atoms with E-state index in [1.165, 1.54) is 22.7 Å². The predicted molar refractivity (Wildman–Crippen MR) is 91.0 cm³/mol. The highest BCUT2D eigenvalue weighted by Crippen LogP contribution is 2.33. The fourth-order valence-electron chi connectivity index (χ4n) is 2.05. The van der Waals surface area contributed by atoms with Crippen LogP contribution in [0.4, 0.5) is 0 Å². The molecule has 0 aliphatic rings. The van der Waals surface area contributed by atoms with Gasteiger partial charge in [-0.25, -0.2) is 8.42 Å². The zero-order chi connectivity index (χ0) is 16.2. The highest BCUT2D eigenvalue weighted by molar-refractivity contribution is 7.93. The van der Waals surface area contributed by atoms with Crippen LogP contribution >= 0.6 is 22.7 Å². The maximum absolute atomic E-state index is 12.8. The van der Waals surface area contributed by atoms with E-state index >= 15 is 0 Å². The summed E-state index contributed by atoms with van der Waals surface area (Å²) >= 11 is 2.60. The lowest BCUT2D eigenvalue weighted by Gasteiger charge is -2.17. The Balaban J connectivity index is 2.20. The Morgan fingerprint density at radius 3 is 2.41 bits per heavy atom. The van der Waals surface area contributed by atoms with Gasteiger partial charge in [0.25, 0.3) is 0 Å². The van der Waals surface area contributed by atoms with Crippen LogP contribution in [0.5, 0.6) is 0 Å². The summed E-state index contributed by atoms with van der Waals surface area (Å²) in [5, 5.41) is 5.62. The minimum Gasteiger partial charge on any atom is -0.354 e. The molecule has 2 rings (SSSR count). The second kappa shape index (κ2) is 7.39. The lowest BCUT2D eigenvalue weighted by Crippen LogP contribution is -2.32. The van der Waals surface area contributed by atoms with E-state index in [-0.39, 0.29) is 18.4 Å². The van der Waals surface area contributed by atoms with Crippen molar-refractivity contribution in [2.45, 2.75) is 29.7 Å². The van der Waals surface area contributed by atoms with Crippen LogP contribution < -0.4 is 5.32 Å². The molecule has 0 aromatic carbocycles. The molecule has 0 saturated carbocycles. The van der Waals surface area contributed by atoms with Gasteiger partial charge in [0.05, 0.1) is 0 Å². The van der Waals surface area contributed by atoms with Gasteiger partial charge in [0.1, 0.15) is 9.46 Å². The standard InChI is InChI=1S/C15H19NO3S3/c1-11(2)9-14(17)16-10-13(12-5-3-7-20-12)22(18,19)15-6-4-8-21-15/h3-8,11,13H,9-10H2,1-2H3,(H,16,17). The lowest BCUT2D eigenvalue weighted by molar-refractivity contribution is -0.121. The maximum atomic E-state index is 12.8. The van der Waals surface area contributed by atoms with Crippen molar-refractivity contribution in [1.82, 2.24) is 5.32 Å². The number of sulfone groups is 1. The number of hydrogen-bond acceptors (Lipinski definition) is 5. The first-order chi connectivity index (χ1) is 10.4. The Morgan fingerprint density at radius 1 is 1.18 bits per heavy atom. The molecule has 0 saturated heterocycles. The van der Waals surface area contributed by atoms with Gasteiger partial charge in [-0.15, -0.1) is 22.7 Å². The van der Waals surface area contributed by atoms with Crippen LogP contribution in [-0.2, 0) is 14.6 Å². The first-order valence-electron chi connectivity index (χ1n) is 6.98. The molecular formula is C15H19NO3S3. The molecule has 1 N–H and O–H groups in total. The van der Waals surface area contributed by atoms with Gasteiger partial charge in [0.15, 0.2) is 9.84 Å². The van der Waals surface area contributed by atoms with Gasteiger partial charge in [0, 0.05) is 17.8 Å². The summed E-state index contributed by atoms with van der Waals surface area (Å²) in [5.41, 5.74) is 0. The largest absolute Gasteiger partial charge is 0.354 e. The third kappa shape index (κ3) is 4.18. The van der Waals surface area contributed by atoms with Crippen LogP contribution in [0.3, 0.4) is 0 Å². The molecule has 1 atom stereocenters. The molecule has 0 fully saturated rings. The Kier molecular flexibility index (Phi) is 5.77.